The number of aromatic nitrogens is 1. The summed E-state index contributed by atoms with van der Waals surface area (Å²) in [5.41, 5.74) is 1.57. The average molecular weight is 463 g/mol. The van der Waals surface area contributed by atoms with Gasteiger partial charge in [-0.15, -0.1) is 13.2 Å². The number of nitrogens with zero attached hydrogens (tertiary/aromatic N) is 1. The average Bonchev–Trinajstić information content (AvgIpc) is 3.03. The zero-order valence-corrected chi connectivity index (χ0v) is 18.6. The van der Waals surface area contributed by atoms with E-state index in [1.807, 2.05) is 13.8 Å². The lowest BCUT2D eigenvalue weighted by Crippen LogP contribution is -2.21. The van der Waals surface area contributed by atoms with Crippen LogP contribution in [0.5, 0.6) is 11.5 Å². The number of carboxylic acids is 1. The van der Waals surface area contributed by atoms with E-state index >= 15 is 0 Å². The number of aliphatic carboxylic acids is 1. The second-order valence-electron chi connectivity index (χ2n) is 7.80. The van der Waals surface area contributed by atoms with Crippen LogP contribution in [0.25, 0.3) is 10.9 Å². The third kappa shape index (κ3) is 4.81. The topological polar surface area (TPSA) is 77.8 Å². The Morgan fingerprint density at radius 2 is 1.70 bits per heavy atom. The van der Waals surface area contributed by atoms with Gasteiger partial charge in [0.25, 0.3) is 5.91 Å². The molecule has 1 N–H and O–H groups in total. The molecule has 0 bridgehead atoms. The van der Waals surface area contributed by atoms with Crippen molar-refractivity contribution in [2.75, 3.05) is 7.11 Å². The van der Waals surface area contributed by atoms with Crippen molar-refractivity contribution in [1.82, 2.24) is 4.57 Å². The quantitative estimate of drug-likeness (QED) is 0.482. The number of fused-ring (bicyclic) bond motifs is 1. The zero-order valence-electron chi connectivity index (χ0n) is 18.6. The predicted molar refractivity (Wildman–Crippen MR) is 116 cm³/mol. The van der Waals surface area contributed by atoms with Crippen LogP contribution in [0.1, 0.15) is 47.8 Å². The highest BCUT2D eigenvalue weighted by atomic mass is 19.4. The predicted octanol–water partition coefficient (Wildman–Crippen LogP) is 5.76. The van der Waals surface area contributed by atoms with Gasteiger partial charge in [0.05, 0.1) is 18.5 Å². The van der Waals surface area contributed by atoms with Gasteiger partial charge in [0.1, 0.15) is 11.5 Å². The Morgan fingerprint density at radius 1 is 1.09 bits per heavy atom. The van der Waals surface area contributed by atoms with Crippen LogP contribution in [0.4, 0.5) is 13.2 Å². The van der Waals surface area contributed by atoms with E-state index in [1.54, 1.807) is 25.1 Å². The van der Waals surface area contributed by atoms with Crippen molar-refractivity contribution in [1.29, 1.82) is 0 Å². The third-order valence-electron chi connectivity index (χ3n) is 5.79. The van der Waals surface area contributed by atoms with Gasteiger partial charge in [0.2, 0.25) is 0 Å². The molecule has 1 aromatic heterocycles. The molecule has 0 aliphatic heterocycles. The number of hydrogen-bond acceptors (Lipinski definition) is 4. The molecule has 0 fully saturated rings. The lowest BCUT2D eigenvalue weighted by Gasteiger charge is -2.20. The van der Waals surface area contributed by atoms with E-state index in [1.165, 1.54) is 23.8 Å². The molecule has 176 valence electrons. The maximum Gasteiger partial charge on any atom is 0.573 e. The van der Waals surface area contributed by atoms with Crippen molar-refractivity contribution in [2.24, 2.45) is 5.92 Å². The Balaban J connectivity index is 2.18. The van der Waals surface area contributed by atoms with Gasteiger partial charge in [0.15, 0.2) is 0 Å². The van der Waals surface area contributed by atoms with E-state index in [-0.39, 0.29) is 11.5 Å². The lowest BCUT2D eigenvalue weighted by molar-refractivity contribution is -0.274. The molecule has 6 nitrogen and oxygen atoms in total. The number of benzene rings is 2. The van der Waals surface area contributed by atoms with Crippen LogP contribution < -0.4 is 9.47 Å². The van der Waals surface area contributed by atoms with E-state index in [4.69, 9.17) is 4.74 Å². The minimum Gasteiger partial charge on any atom is -0.497 e. The molecule has 3 rings (SSSR count). The van der Waals surface area contributed by atoms with Crippen molar-refractivity contribution in [3.63, 3.8) is 0 Å². The van der Waals surface area contributed by atoms with Crippen LogP contribution in [0, 0.1) is 12.8 Å². The Bertz CT molecular complexity index is 1180. The first-order chi connectivity index (χ1) is 15.5. The number of carboxylic acid groups (broad SMARTS) is 1. The number of alkyl halides is 3. The number of hydrogen-bond donors (Lipinski definition) is 1. The Labute approximate surface area is 188 Å². The summed E-state index contributed by atoms with van der Waals surface area (Å²) in [4.78, 5) is 25.6. The zero-order chi connectivity index (χ0) is 24.5. The number of carbonyl (C=O) groups is 2. The summed E-state index contributed by atoms with van der Waals surface area (Å²) in [5.74, 6) is -2.51. The van der Waals surface area contributed by atoms with Crippen molar-refractivity contribution >= 4 is 22.8 Å². The summed E-state index contributed by atoms with van der Waals surface area (Å²) in [6.45, 7) is 5.40. The molecule has 0 saturated heterocycles. The molecular formula is C24H24F3NO5. The summed E-state index contributed by atoms with van der Waals surface area (Å²) < 4.78 is 47.9. The summed E-state index contributed by atoms with van der Waals surface area (Å²) in [5, 5.41) is 10.6. The molecule has 2 aromatic carbocycles. The molecule has 0 saturated carbocycles. The fourth-order valence-electron chi connectivity index (χ4n) is 4.02. The smallest absolute Gasteiger partial charge is 0.497 e. The van der Waals surface area contributed by atoms with Crippen LogP contribution in [-0.2, 0) is 4.79 Å². The Hall–Kier alpha value is -3.49. The monoisotopic (exact) mass is 463 g/mol. The van der Waals surface area contributed by atoms with Crippen molar-refractivity contribution in [2.45, 2.75) is 39.5 Å². The number of ether oxygens (including phenoxy) is 2. The van der Waals surface area contributed by atoms with E-state index in [0.29, 0.717) is 34.3 Å². The molecule has 33 heavy (non-hydrogen) atoms. The first kappa shape index (κ1) is 24.2. The minimum absolute atomic E-state index is 0.127. The van der Waals surface area contributed by atoms with Gasteiger partial charge in [0, 0.05) is 16.6 Å². The Morgan fingerprint density at radius 3 is 2.21 bits per heavy atom. The molecule has 0 spiro atoms. The van der Waals surface area contributed by atoms with Crippen molar-refractivity contribution in [3.05, 3.63) is 59.3 Å². The summed E-state index contributed by atoms with van der Waals surface area (Å²) >= 11 is 0. The maximum atomic E-state index is 13.4. The van der Waals surface area contributed by atoms with Gasteiger partial charge >= 0.3 is 12.3 Å². The van der Waals surface area contributed by atoms with E-state index in [0.717, 1.165) is 12.1 Å². The van der Waals surface area contributed by atoms with Crippen molar-refractivity contribution in [3.8, 4) is 11.5 Å². The molecular weight excluding hydrogens is 439 g/mol. The van der Waals surface area contributed by atoms with Crippen LogP contribution in [0.2, 0.25) is 0 Å². The van der Waals surface area contributed by atoms with Crippen molar-refractivity contribution < 1.29 is 37.3 Å². The summed E-state index contributed by atoms with van der Waals surface area (Å²) in [7, 11) is 1.49. The SMILES string of the molecule is CCC(C)[C@H](C(=O)O)c1c(C)n(C(=O)c2ccc(OC(F)(F)F)cc2)c2ccc(OC)cc12. The van der Waals surface area contributed by atoms with Crippen LogP contribution in [0.3, 0.4) is 0 Å². The summed E-state index contributed by atoms with van der Waals surface area (Å²) in [6.07, 6.45) is -4.23. The van der Waals surface area contributed by atoms with Gasteiger partial charge in [-0.25, -0.2) is 0 Å². The van der Waals surface area contributed by atoms with E-state index in [9.17, 15) is 27.9 Å². The molecule has 0 aliphatic rings. The molecule has 1 unspecified atom stereocenters. The molecule has 1 heterocycles. The fourth-order valence-corrected chi connectivity index (χ4v) is 4.02. The fraction of sp³-hybridized carbons (Fsp3) is 0.333. The number of halogens is 3. The first-order valence-corrected chi connectivity index (χ1v) is 10.3. The molecule has 9 heteroatoms. The standard InChI is InChI=1S/C24H24F3NO5/c1-5-13(2)20(23(30)31)21-14(3)28(19-11-10-17(32-4)12-18(19)21)22(29)15-6-8-16(9-7-15)33-24(25,26)27/h6-13,20H,5H2,1-4H3,(H,30,31)/t13?,20-/m0/s1. The highest BCUT2D eigenvalue weighted by Gasteiger charge is 2.33. The molecule has 3 aromatic rings. The number of carbonyl (C=O) groups excluding carboxylic acids is 1. The maximum absolute atomic E-state index is 13.4. The van der Waals surface area contributed by atoms with E-state index in [2.05, 4.69) is 4.74 Å². The third-order valence-corrected chi connectivity index (χ3v) is 5.79. The van der Waals surface area contributed by atoms with Gasteiger partial charge in [-0.3, -0.25) is 14.2 Å². The van der Waals surface area contributed by atoms with Gasteiger partial charge in [-0.05, 0) is 60.9 Å². The van der Waals surface area contributed by atoms with Gasteiger partial charge < -0.3 is 14.6 Å². The highest BCUT2D eigenvalue weighted by Crippen LogP contribution is 2.39. The van der Waals surface area contributed by atoms with Gasteiger partial charge in [-0.1, -0.05) is 20.3 Å². The second-order valence-corrected chi connectivity index (χ2v) is 7.80. The molecule has 2 atom stereocenters. The molecule has 0 radical (unpaired) electrons. The molecule has 0 amide bonds. The second kappa shape index (κ2) is 9.17. The largest absolute Gasteiger partial charge is 0.573 e. The van der Waals surface area contributed by atoms with Crippen LogP contribution in [0.15, 0.2) is 42.5 Å². The normalized spacial score (nSPS) is 13.5. The van der Waals surface area contributed by atoms with E-state index < -0.39 is 29.9 Å². The highest BCUT2D eigenvalue weighted by molar-refractivity contribution is 6.05. The Kier molecular flexibility index (Phi) is 6.71. The minimum atomic E-state index is -4.84. The molecule has 0 aliphatic carbocycles. The number of rotatable bonds is 7. The van der Waals surface area contributed by atoms with Crippen LogP contribution in [-0.4, -0.2) is 35.0 Å². The van der Waals surface area contributed by atoms with Crippen LogP contribution >= 0.6 is 0 Å². The summed E-state index contributed by atoms with van der Waals surface area (Å²) in [6, 6.07) is 9.62. The number of methoxy groups -OCH3 is 1. The van der Waals surface area contributed by atoms with Gasteiger partial charge in [-0.2, -0.15) is 0 Å². The lowest BCUT2D eigenvalue weighted by atomic mass is 9.84. The first-order valence-electron chi connectivity index (χ1n) is 10.3.